The molecule has 0 bridgehead atoms. The van der Waals surface area contributed by atoms with E-state index >= 15 is 0 Å². The van der Waals surface area contributed by atoms with E-state index < -0.39 is 6.10 Å². The topological polar surface area (TPSA) is 41.5 Å². The first-order chi connectivity index (χ1) is 8.83. The van der Waals surface area contributed by atoms with Crippen LogP contribution in [0.3, 0.4) is 0 Å². The quantitative estimate of drug-likeness (QED) is 0.839. The van der Waals surface area contributed by atoms with Crippen molar-refractivity contribution < 1.29 is 9.84 Å². The summed E-state index contributed by atoms with van der Waals surface area (Å²) >= 11 is 3.51. The number of para-hydroxylation sites is 1. The van der Waals surface area contributed by atoms with Gasteiger partial charge >= 0.3 is 0 Å². The van der Waals surface area contributed by atoms with Gasteiger partial charge in [0, 0.05) is 17.6 Å². The number of aliphatic hydroxyl groups is 1. The second-order valence-electron chi connectivity index (χ2n) is 5.70. The van der Waals surface area contributed by atoms with Gasteiger partial charge in [-0.05, 0) is 49.2 Å². The third-order valence-corrected chi connectivity index (χ3v) is 3.37. The molecule has 0 spiro atoms. The van der Waals surface area contributed by atoms with Crippen LogP contribution in [0, 0.1) is 0 Å². The molecule has 0 heterocycles. The zero-order valence-corrected chi connectivity index (χ0v) is 13.8. The van der Waals surface area contributed by atoms with Crippen molar-refractivity contribution in [2.24, 2.45) is 0 Å². The summed E-state index contributed by atoms with van der Waals surface area (Å²) in [6, 6.07) is 5.98. The number of ether oxygens (including phenoxy) is 1. The summed E-state index contributed by atoms with van der Waals surface area (Å²) < 4.78 is 6.67. The molecule has 2 N–H and O–H groups in total. The molecule has 3 nitrogen and oxygen atoms in total. The Morgan fingerprint density at radius 3 is 2.63 bits per heavy atom. The van der Waals surface area contributed by atoms with E-state index in [0.29, 0.717) is 13.0 Å². The lowest BCUT2D eigenvalue weighted by molar-refractivity contribution is 0.103. The van der Waals surface area contributed by atoms with Gasteiger partial charge < -0.3 is 15.2 Å². The fourth-order valence-electron chi connectivity index (χ4n) is 1.51. The average Bonchev–Trinajstić information content (AvgIpc) is 2.33. The van der Waals surface area contributed by atoms with Crippen LogP contribution in [0.2, 0.25) is 0 Å². The Labute approximate surface area is 124 Å². The number of rotatable bonds is 6. The van der Waals surface area contributed by atoms with Crippen molar-refractivity contribution in [3.8, 4) is 5.75 Å². The predicted octanol–water partition coefficient (Wildman–Crippen LogP) is 3.49. The zero-order chi connectivity index (χ0) is 14.5. The molecule has 1 rings (SSSR count). The van der Waals surface area contributed by atoms with E-state index in [0.717, 1.165) is 22.3 Å². The number of hydrogen-bond acceptors (Lipinski definition) is 3. The molecular formula is C15H24BrNO2. The van der Waals surface area contributed by atoms with E-state index in [1.54, 1.807) is 0 Å². The molecule has 1 atom stereocenters. The minimum Gasteiger partial charge on any atom is -0.489 e. The number of benzene rings is 1. The van der Waals surface area contributed by atoms with E-state index in [4.69, 9.17) is 4.74 Å². The molecule has 0 aliphatic heterocycles. The Hall–Kier alpha value is -0.580. The third kappa shape index (κ3) is 5.93. The van der Waals surface area contributed by atoms with Crippen LogP contribution in [-0.2, 0) is 6.54 Å². The molecule has 1 aromatic rings. The van der Waals surface area contributed by atoms with Gasteiger partial charge in [-0.25, -0.2) is 0 Å². The second-order valence-corrected chi connectivity index (χ2v) is 6.56. The van der Waals surface area contributed by atoms with Crippen LogP contribution in [0.1, 0.15) is 39.7 Å². The molecule has 108 valence electrons. The second kappa shape index (κ2) is 7.27. The molecule has 19 heavy (non-hydrogen) atoms. The van der Waals surface area contributed by atoms with E-state index in [-0.39, 0.29) is 5.54 Å². The first-order valence-corrected chi connectivity index (χ1v) is 7.46. The molecule has 0 aliphatic rings. The number of nitrogens with one attached hydrogen (secondary N) is 1. The van der Waals surface area contributed by atoms with Gasteiger partial charge in [-0.2, -0.15) is 0 Å². The van der Waals surface area contributed by atoms with Gasteiger partial charge in [-0.3, -0.25) is 0 Å². The molecule has 1 unspecified atom stereocenters. The smallest absolute Gasteiger partial charge is 0.138 e. The first-order valence-electron chi connectivity index (χ1n) is 6.66. The van der Waals surface area contributed by atoms with E-state index in [9.17, 15) is 5.11 Å². The lowest BCUT2D eigenvalue weighted by Crippen LogP contribution is -2.35. The number of aliphatic hydroxyl groups excluding tert-OH is 1. The molecule has 0 saturated carbocycles. The highest BCUT2D eigenvalue weighted by atomic mass is 79.9. The Balaban J connectivity index is 2.77. The van der Waals surface area contributed by atoms with Crippen molar-refractivity contribution in [2.75, 3.05) is 6.61 Å². The molecule has 0 fully saturated rings. The molecule has 0 aromatic heterocycles. The normalized spacial score (nSPS) is 13.4. The summed E-state index contributed by atoms with van der Waals surface area (Å²) in [6.45, 7) is 9.39. The predicted molar refractivity (Wildman–Crippen MR) is 82.5 cm³/mol. The standard InChI is InChI=1S/C15H24BrNO2/c1-5-12(18)10-19-14-11(7-6-8-13(14)16)9-17-15(2,3)4/h6-8,12,17-18H,5,9-10H2,1-4H3. The maximum Gasteiger partial charge on any atom is 0.138 e. The minimum absolute atomic E-state index is 0.0581. The van der Waals surface area contributed by atoms with Crippen molar-refractivity contribution in [2.45, 2.75) is 52.3 Å². The van der Waals surface area contributed by atoms with Crippen LogP contribution in [0.25, 0.3) is 0 Å². The molecule has 0 radical (unpaired) electrons. The lowest BCUT2D eigenvalue weighted by atomic mass is 10.1. The summed E-state index contributed by atoms with van der Waals surface area (Å²) in [7, 11) is 0. The Bertz CT molecular complexity index is 402. The summed E-state index contributed by atoms with van der Waals surface area (Å²) in [6.07, 6.45) is 0.274. The van der Waals surface area contributed by atoms with Gasteiger partial charge in [-0.1, -0.05) is 19.1 Å². The maximum absolute atomic E-state index is 9.60. The van der Waals surface area contributed by atoms with Crippen molar-refractivity contribution in [3.05, 3.63) is 28.2 Å². The highest BCUT2D eigenvalue weighted by Gasteiger charge is 2.13. The first kappa shape index (κ1) is 16.5. The molecular weight excluding hydrogens is 306 g/mol. The number of halogens is 1. The summed E-state index contributed by atoms with van der Waals surface area (Å²) in [5.74, 6) is 0.812. The van der Waals surface area contributed by atoms with E-state index in [1.165, 1.54) is 0 Å². The lowest BCUT2D eigenvalue weighted by Gasteiger charge is -2.22. The van der Waals surface area contributed by atoms with Crippen LogP contribution in [0.5, 0.6) is 5.75 Å². The Kier molecular flexibility index (Phi) is 6.30. The molecule has 0 aliphatic carbocycles. The Morgan fingerprint density at radius 1 is 1.37 bits per heavy atom. The van der Waals surface area contributed by atoms with Crippen molar-refractivity contribution in [1.29, 1.82) is 0 Å². The SMILES string of the molecule is CCC(O)COc1c(Br)cccc1CNC(C)(C)C. The van der Waals surface area contributed by atoms with Crippen molar-refractivity contribution >= 4 is 15.9 Å². The van der Waals surface area contributed by atoms with Gasteiger partial charge in [0.1, 0.15) is 12.4 Å². The fraction of sp³-hybridized carbons (Fsp3) is 0.600. The molecule has 0 amide bonds. The van der Waals surface area contributed by atoms with Gasteiger partial charge in [0.2, 0.25) is 0 Å². The van der Waals surface area contributed by atoms with Crippen molar-refractivity contribution in [3.63, 3.8) is 0 Å². The maximum atomic E-state index is 9.60. The largest absolute Gasteiger partial charge is 0.489 e. The highest BCUT2D eigenvalue weighted by Crippen LogP contribution is 2.29. The van der Waals surface area contributed by atoms with Crippen LogP contribution in [-0.4, -0.2) is 23.4 Å². The van der Waals surface area contributed by atoms with Gasteiger partial charge in [-0.15, -0.1) is 0 Å². The van der Waals surface area contributed by atoms with Crippen LogP contribution >= 0.6 is 15.9 Å². The highest BCUT2D eigenvalue weighted by molar-refractivity contribution is 9.10. The Morgan fingerprint density at radius 2 is 2.05 bits per heavy atom. The third-order valence-electron chi connectivity index (χ3n) is 2.75. The summed E-state index contributed by atoms with van der Waals surface area (Å²) in [5, 5.41) is 13.0. The monoisotopic (exact) mass is 329 g/mol. The number of hydrogen-bond donors (Lipinski definition) is 2. The molecule has 4 heteroatoms. The summed E-state index contributed by atoms with van der Waals surface area (Å²) in [4.78, 5) is 0. The average molecular weight is 330 g/mol. The minimum atomic E-state index is -0.421. The molecule has 1 aromatic carbocycles. The van der Waals surface area contributed by atoms with Gasteiger partial charge in [0.25, 0.3) is 0 Å². The van der Waals surface area contributed by atoms with Crippen LogP contribution in [0.4, 0.5) is 0 Å². The van der Waals surface area contributed by atoms with Gasteiger partial charge in [0.15, 0.2) is 0 Å². The molecule has 0 saturated heterocycles. The van der Waals surface area contributed by atoms with Gasteiger partial charge in [0.05, 0.1) is 10.6 Å². The van der Waals surface area contributed by atoms with E-state index in [1.807, 2.05) is 25.1 Å². The van der Waals surface area contributed by atoms with Crippen LogP contribution in [0.15, 0.2) is 22.7 Å². The fourth-order valence-corrected chi connectivity index (χ4v) is 2.03. The van der Waals surface area contributed by atoms with Crippen LogP contribution < -0.4 is 10.1 Å². The van der Waals surface area contributed by atoms with E-state index in [2.05, 4.69) is 42.0 Å². The van der Waals surface area contributed by atoms with Crippen molar-refractivity contribution in [1.82, 2.24) is 5.32 Å². The zero-order valence-electron chi connectivity index (χ0n) is 12.2. The summed E-state index contributed by atoms with van der Waals surface area (Å²) in [5.41, 5.74) is 1.15.